The molecule has 0 spiro atoms. The van der Waals surface area contributed by atoms with E-state index in [1.54, 1.807) is 23.4 Å². The molecule has 1 fully saturated rings. The van der Waals surface area contributed by atoms with Crippen molar-refractivity contribution in [3.8, 4) is 0 Å². The number of furan rings is 1. The quantitative estimate of drug-likeness (QED) is 0.236. The number of amidine groups is 1. The Labute approximate surface area is 197 Å². The van der Waals surface area contributed by atoms with E-state index in [9.17, 15) is 4.79 Å². The molecule has 6 heteroatoms. The fourth-order valence-electron chi connectivity index (χ4n) is 3.12. The summed E-state index contributed by atoms with van der Waals surface area (Å²) in [5, 5.41) is 9.08. The molecule has 164 valence electrons. The summed E-state index contributed by atoms with van der Waals surface area (Å²) in [4.78, 5) is 15.2. The highest BCUT2D eigenvalue weighted by atomic mass is 32.2. The molecule has 0 aliphatic carbocycles. The van der Waals surface area contributed by atoms with Crippen LogP contribution < -0.4 is 0 Å². The lowest BCUT2D eigenvalue weighted by Crippen LogP contribution is -2.28. The third-order valence-corrected chi connectivity index (χ3v) is 5.73. The molecule has 1 saturated heterocycles. The van der Waals surface area contributed by atoms with Gasteiger partial charge in [-0.25, -0.2) is 0 Å². The van der Waals surface area contributed by atoms with Crippen LogP contribution in [0.15, 0.2) is 116 Å². The zero-order valence-corrected chi connectivity index (χ0v) is 19.0. The summed E-state index contributed by atoms with van der Waals surface area (Å²) in [6.07, 6.45) is 10.9. The minimum Gasteiger partial charge on any atom is -0.467 e. The van der Waals surface area contributed by atoms with Crippen molar-refractivity contribution >= 4 is 41.2 Å². The van der Waals surface area contributed by atoms with Gasteiger partial charge in [0.25, 0.3) is 5.91 Å². The summed E-state index contributed by atoms with van der Waals surface area (Å²) in [7, 11) is 0. The van der Waals surface area contributed by atoms with Crippen LogP contribution in [0.4, 0.5) is 0 Å². The van der Waals surface area contributed by atoms with Crippen LogP contribution in [0, 0.1) is 0 Å². The van der Waals surface area contributed by atoms with E-state index < -0.39 is 0 Å². The predicted octanol–water partition coefficient (Wildman–Crippen LogP) is 6.40. The summed E-state index contributed by atoms with van der Waals surface area (Å²) < 4.78 is 5.44. The number of nitrogens with zero attached hydrogens (tertiary/aromatic N) is 3. The maximum absolute atomic E-state index is 13.0. The zero-order chi connectivity index (χ0) is 22.9. The Balaban J connectivity index is 1.53. The van der Waals surface area contributed by atoms with E-state index in [4.69, 9.17) is 4.42 Å². The Bertz CT molecular complexity index is 1220. The molecule has 2 heterocycles. The summed E-state index contributed by atoms with van der Waals surface area (Å²) in [5.74, 6) is 0.557. The Kier molecular flexibility index (Phi) is 7.51. The normalized spacial score (nSPS) is 17.3. The predicted molar refractivity (Wildman–Crippen MR) is 136 cm³/mol. The number of carbonyl (C=O) groups is 1. The van der Waals surface area contributed by atoms with Gasteiger partial charge in [0, 0.05) is 0 Å². The molecule has 2 aromatic carbocycles. The molecule has 0 bridgehead atoms. The second-order valence-electron chi connectivity index (χ2n) is 7.30. The van der Waals surface area contributed by atoms with Crippen molar-refractivity contribution in [3.63, 3.8) is 0 Å². The first-order valence-electron chi connectivity index (χ1n) is 10.5. The van der Waals surface area contributed by atoms with Crippen molar-refractivity contribution in [2.75, 3.05) is 0 Å². The maximum atomic E-state index is 13.0. The molecule has 0 N–H and O–H groups in total. The Morgan fingerprint density at radius 3 is 2.42 bits per heavy atom. The molecular formula is C27H23N3O2S. The van der Waals surface area contributed by atoms with Crippen LogP contribution in [0.3, 0.4) is 0 Å². The minimum absolute atomic E-state index is 0.125. The summed E-state index contributed by atoms with van der Waals surface area (Å²) in [5.41, 5.74) is 3.12. The topological polar surface area (TPSA) is 58.2 Å². The van der Waals surface area contributed by atoms with E-state index in [1.807, 2.05) is 98.0 Å². The second-order valence-corrected chi connectivity index (χ2v) is 8.31. The van der Waals surface area contributed by atoms with Gasteiger partial charge in [-0.2, -0.15) is 5.10 Å². The van der Waals surface area contributed by atoms with E-state index in [0.717, 1.165) is 16.7 Å². The molecule has 0 radical (unpaired) electrons. The van der Waals surface area contributed by atoms with Crippen molar-refractivity contribution < 1.29 is 9.21 Å². The number of thioether (sulfide) groups is 1. The molecule has 1 amide bonds. The van der Waals surface area contributed by atoms with E-state index in [-0.39, 0.29) is 5.91 Å². The van der Waals surface area contributed by atoms with Gasteiger partial charge in [0.2, 0.25) is 0 Å². The van der Waals surface area contributed by atoms with Crippen LogP contribution in [0.5, 0.6) is 0 Å². The van der Waals surface area contributed by atoms with Gasteiger partial charge < -0.3 is 4.42 Å². The number of benzene rings is 2. The van der Waals surface area contributed by atoms with Crippen molar-refractivity contribution in [2.45, 2.75) is 13.5 Å². The number of hydrogen-bond donors (Lipinski definition) is 0. The Morgan fingerprint density at radius 2 is 1.73 bits per heavy atom. The average molecular weight is 454 g/mol. The van der Waals surface area contributed by atoms with Crippen LogP contribution >= 0.6 is 11.8 Å². The minimum atomic E-state index is -0.125. The number of hydrogen-bond acceptors (Lipinski definition) is 5. The van der Waals surface area contributed by atoms with Gasteiger partial charge in [0.1, 0.15) is 5.76 Å². The first-order chi connectivity index (χ1) is 16.2. The van der Waals surface area contributed by atoms with Crippen molar-refractivity contribution in [3.05, 3.63) is 119 Å². The van der Waals surface area contributed by atoms with Crippen molar-refractivity contribution in [1.82, 2.24) is 4.90 Å². The number of rotatable bonds is 7. The molecule has 5 nitrogen and oxygen atoms in total. The van der Waals surface area contributed by atoms with Gasteiger partial charge in [0.05, 0.1) is 23.9 Å². The molecule has 4 rings (SSSR count). The van der Waals surface area contributed by atoms with Crippen molar-refractivity contribution in [1.29, 1.82) is 0 Å². The van der Waals surface area contributed by atoms with Gasteiger partial charge in [0.15, 0.2) is 5.17 Å². The summed E-state index contributed by atoms with van der Waals surface area (Å²) in [6.45, 7) is 2.26. The molecule has 1 aromatic heterocycles. The molecule has 1 aliphatic rings. The molecule has 0 unspecified atom stereocenters. The Hall–Kier alpha value is -3.90. The van der Waals surface area contributed by atoms with Crippen LogP contribution in [-0.2, 0) is 11.3 Å². The number of amides is 1. The lowest BCUT2D eigenvalue weighted by molar-refractivity contribution is -0.122. The molecular weight excluding hydrogens is 430 g/mol. The van der Waals surface area contributed by atoms with Crippen LogP contribution in [0.1, 0.15) is 23.8 Å². The van der Waals surface area contributed by atoms with Gasteiger partial charge in [-0.15, -0.1) is 5.10 Å². The molecule has 0 saturated carbocycles. The molecule has 33 heavy (non-hydrogen) atoms. The van der Waals surface area contributed by atoms with E-state index in [1.165, 1.54) is 11.8 Å². The number of allylic oxidation sites excluding steroid dienone is 3. The summed E-state index contributed by atoms with van der Waals surface area (Å²) in [6, 6.07) is 23.6. The third-order valence-electron chi connectivity index (χ3n) is 4.72. The van der Waals surface area contributed by atoms with Crippen molar-refractivity contribution in [2.24, 2.45) is 10.2 Å². The van der Waals surface area contributed by atoms with Gasteiger partial charge in [-0.05, 0) is 53.6 Å². The highest BCUT2D eigenvalue weighted by Crippen LogP contribution is 2.32. The lowest BCUT2D eigenvalue weighted by atomic mass is 10.1. The SMILES string of the molecule is CC(/C=N\N=C1\S/C(=C\C=C\c2ccccc2)C(=O)N1Cc1ccco1)=C\c1ccccc1. The molecule has 0 atom stereocenters. The van der Waals surface area contributed by atoms with Gasteiger partial charge in [-0.3, -0.25) is 9.69 Å². The highest BCUT2D eigenvalue weighted by molar-refractivity contribution is 8.18. The van der Waals surface area contributed by atoms with E-state index in [0.29, 0.717) is 22.4 Å². The standard InChI is InChI=1S/C27H23N3O2S/c1-21(18-23-12-6-3-7-13-23)19-28-29-27-30(20-24-15-9-17-32-24)26(31)25(33-27)16-8-14-22-10-4-2-5-11-22/h2-19H,20H2,1H3/b14-8+,21-18+,25-16-,28-19-,29-27+. The third kappa shape index (κ3) is 6.30. The highest BCUT2D eigenvalue weighted by Gasteiger charge is 2.33. The molecule has 3 aromatic rings. The zero-order valence-electron chi connectivity index (χ0n) is 18.2. The molecule has 1 aliphatic heterocycles. The average Bonchev–Trinajstić information content (AvgIpc) is 3.45. The van der Waals surface area contributed by atoms with Gasteiger partial charge in [-0.1, -0.05) is 78.9 Å². The fraction of sp³-hybridized carbons (Fsp3) is 0.0741. The van der Waals surface area contributed by atoms with Gasteiger partial charge >= 0.3 is 0 Å². The summed E-state index contributed by atoms with van der Waals surface area (Å²) >= 11 is 1.30. The first-order valence-corrected chi connectivity index (χ1v) is 11.3. The Morgan fingerprint density at radius 1 is 1.00 bits per heavy atom. The lowest BCUT2D eigenvalue weighted by Gasteiger charge is -2.12. The monoisotopic (exact) mass is 453 g/mol. The number of carbonyl (C=O) groups excluding carboxylic acids is 1. The van der Waals surface area contributed by atoms with E-state index >= 15 is 0 Å². The van der Waals surface area contributed by atoms with Crippen LogP contribution in [0.2, 0.25) is 0 Å². The first kappa shape index (κ1) is 22.3. The second kappa shape index (κ2) is 11.1. The fourth-order valence-corrected chi connectivity index (χ4v) is 4.01. The maximum Gasteiger partial charge on any atom is 0.267 e. The van der Waals surface area contributed by atoms with Crippen LogP contribution in [0.25, 0.3) is 12.2 Å². The van der Waals surface area contributed by atoms with Crippen LogP contribution in [-0.4, -0.2) is 22.2 Å². The van der Waals surface area contributed by atoms with E-state index in [2.05, 4.69) is 10.2 Å². The smallest absolute Gasteiger partial charge is 0.267 e. The largest absolute Gasteiger partial charge is 0.467 e.